The van der Waals surface area contributed by atoms with Crippen molar-refractivity contribution in [3.63, 3.8) is 0 Å². The highest BCUT2D eigenvalue weighted by Gasteiger charge is 2.50. The Balaban J connectivity index is 1.43. The van der Waals surface area contributed by atoms with Crippen LogP contribution in [-0.2, 0) is 9.53 Å². The molecule has 3 aliphatic heterocycles. The molecule has 25 heavy (non-hydrogen) atoms. The Labute approximate surface area is 148 Å². The van der Waals surface area contributed by atoms with Crippen molar-refractivity contribution >= 4 is 5.91 Å². The van der Waals surface area contributed by atoms with E-state index in [1.165, 1.54) is 18.4 Å². The normalized spacial score (nSPS) is 32.0. The number of rotatable bonds is 3. The SMILES string of the molecule is O=C([C@@H]1CN(CC2CC2)[C@H]2c3ccccc3OC[C@@H]12)N1CCOCC1. The predicted molar refractivity (Wildman–Crippen MR) is 93.4 cm³/mol. The first-order chi connectivity index (χ1) is 12.3. The van der Waals surface area contributed by atoms with Gasteiger partial charge in [-0.25, -0.2) is 0 Å². The zero-order chi connectivity index (χ0) is 16.8. The second-order valence-electron chi connectivity index (χ2n) is 7.90. The van der Waals surface area contributed by atoms with Crippen molar-refractivity contribution in [3.05, 3.63) is 29.8 Å². The molecule has 0 unspecified atom stereocenters. The molecule has 5 nitrogen and oxygen atoms in total. The number of para-hydroxylation sites is 1. The summed E-state index contributed by atoms with van der Waals surface area (Å²) in [5.74, 6) is 2.45. The third-order valence-electron chi connectivity index (χ3n) is 6.25. The molecule has 5 rings (SSSR count). The van der Waals surface area contributed by atoms with Crippen LogP contribution < -0.4 is 4.74 Å². The van der Waals surface area contributed by atoms with Crippen molar-refractivity contribution in [2.45, 2.75) is 18.9 Å². The summed E-state index contributed by atoms with van der Waals surface area (Å²) in [7, 11) is 0. The van der Waals surface area contributed by atoms with E-state index >= 15 is 0 Å². The summed E-state index contributed by atoms with van der Waals surface area (Å²) >= 11 is 0. The largest absolute Gasteiger partial charge is 0.493 e. The van der Waals surface area contributed by atoms with Crippen molar-refractivity contribution in [3.8, 4) is 5.75 Å². The minimum absolute atomic E-state index is 0.0511. The van der Waals surface area contributed by atoms with Crippen LogP contribution >= 0.6 is 0 Å². The van der Waals surface area contributed by atoms with Crippen LogP contribution in [0.25, 0.3) is 0 Å². The fourth-order valence-corrected chi connectivity index (χ4v) is 4.77. The molecule has 3 heterocycles. The molecule has 1 aliphatic carbocycles. The van der Waals surface area contributed by atoms with Gasteiger partial charge in [-0.2, -0.15) is 0 Å². The van der Waals surface area contributed by atoms with Crippen LogP contribution in [0, 0.1) is 17.8 Å². The summed E-state index contributed by atoms with van der Waals surface area (Å²) in [5, 5.41) is 0. The first-order valence-electron chi connectivity index (χ1n) is 9.63. The van der Waals surface area contributed by atoms with Gasteiger partial charge in [0.2, 0.25) is 5.91 Å². The summed E-state index contributed by atoms with van der Waals surface area (Å²) in [4.78, 5) is 17.8. The number of morpholine rings is 1. The molecule has 0 aromatic heterocycles. The average Bonchev–Trinajstić information content (AvgIpc) is 3.41. The van der Waals surface area contributed by atoms with E-state index < -0.39 is 0 Å². The number of fused-ring (bicyclic) bond motifs is 3. The standard InChI is InChI=1S/C20H26N2O3/c23-20(21-7-9-24-10-8-21)16-12-22(11-14-5-6-14)19-15-3-1-2-4-18(15)25-13-17(16)19/h1-4,14,16-17,19H,5-13H2/t16-,17+,19+/m1/s1. The van der Waals surface area contributed by atoms with E-state index in [-0.39, 0.29) is 11.8 Å². The van der Waals surface area contributed by atoms with Gasteiger partial charge in [-0.15, -0.1) is 0 Å². The number of benzene rings is 1. The van der Waals surface area contributed by atoms with Gasteiger partial charge in [0, 0.05) is 43.7 Å². The Morgan fingerprint density at radius 3 is 2.76 bits per heavy atom. The topological polar surface area (TPSA) is 42.0 Å². The van der Waals surface area contributed by atoms with Crippen molar-refractivity contribution in [2.75, 3.05) is 46.0 Å². The van der Waals surface area contributed by atoms with E-state index in [0.717, 1.165) is 37.8 Å². The molecule has 3 fully saturated rings. The molecule has 5 heteroatoms. The van der Waals surface area contributed by atoms with E-state index in [1.54, 1.807) is 0 Å². The number of carbonyl (C=O) groups excluding carboxylic acids is 1. The maximum atomic E-state index is 13.2. The monoisotopic (exact) mass is 342 g/mol. The summed E-state index contributed by atoms with van der Waals surface area (Å²) in [6, 6.07) is 8.72. The molecule has 0 spiro atoms. The van der Waals surface area contributed by atoms with Crippen LogP contribution in [0.15, 0.2) is 24.3 Å². The number of carbonyl (C=O) groups is 1. The molecule has 0 bridgehead atoms. The van der Waals surface area contributed by atoms with Gasteiger partial charge in [-0.05, 0) is 24.8 Å². The second kappa shape index (κ2) is 6.29. The van der Waals surface area contributed by atoms with Gasteiger partial charge in [0.25, 0.3) is 0 Å². The van der Waals surface area contributed by atoms with E-state index in [1.807, 2.05) is 11.0 Å². The maximum Gasteiger partial charge on any atom is 0.227 e. The Hall–Kier alpha value is -1.59. The Morgan fingerprint density at radius 2 is 1.96 bits per heavy atom. The van der Waals surface area contributed by atoms with Crippen molar-refractivity contribution in [1.82, 2.24) is 9.80 Å². The molecule has 1 amide bonds. The lowest BCUT2D eigenvalue weighted by Gasteiger charge is -2.35. The van der Waals surface area contributed by atoms with Crippen molar-refractivity contribution in [1.29, 1.82) is 0 Å². The number of hydrogen-bond acceptors (Lipinski definition) is 4. The molecule has 1 aromatic rings. The summed E-state index contributed by atoms with van der Waals surface area (Å²) in [6.07, 6.45) is 2.68. The third kappa shape index (κ3) is 2.83. The Bertz CT molecular complexity index is 654. The molecule has 2 saturated heterocycles. The van der Waals surface area contributed by atoms with Gasteiger partial charge >= 0.3 is 0 Å². The van der Waals surface area contributed by atoms with Crippen LogP contribution in [0.4, 0.5) is 0 Å². The number of nitrogens with zero attached hydrogens (tertiary/aromatic N) is 2. The van der Waals surface area contributed by atoms with Gasteiger partial charge < -0.3 is 14.4 Å². The van der Waals surface area contributed by atoms with Gasteiger partial charge in [-0.1, -0.05) is 18.2 Å². The van der Waals surface area contributed by atoms with Crippen LogP contribution in [0.1, 0.15) is 24.4 Å². The van der Waals surface area contributed by atoms with Gasteiger partial charge in [0.1, 0.15) is 5.75 Å². The number of ether oxygens (including phenoxy) is 2. The summed E-state index contributed by atoms with van der Waals surface area (Å²) in [5.41, 5.74) is 1.27. The van der Waals surface area contributed by atoms with Crippen LogP contribution in [0.2, 0.25) is 0 Å². The summed E-state index contributed by atoms with van der Waals surface area (Å²) in [6.45, 7) is 5.45. The quantitative estimate of drug-likeness (QED) is 0.842. The van der Waals surface area contributed by atoms with E-state index in [2.05, 4.69) is 23.1 Å². The minimum Gasteiger partial charge on any atom is -0.493 e. The fourth-order valence-electron chi connectivity index (χ4n) is 4.77. The smallest absolute Gasteiger partial charge is 0.227 e. The zero-order valence-corrected chi connectivity index (χ0v) is 14.6. The zero-order valence-electron chi connectivity index (χ0n) is 14.6. The van der Waals surface area contributed by atoms with E-state index in [0.29, 0.717) is 31.8 Å². The molecule has 1 aromatic carbocycles. The van der Waals surface area contributed by atoms with Gasteiger partial charge in [0.05, 0.1) is 25.7 Å². The second-order valence-corrected chi connectivity index (χ2v) is 7.90. The Kier molecular flexibility index (Phi) is 3.94. The number of likely N-dealkylation sites (tertiary alicyclic amines) is 1. The number of amides is 1. The first kappa shape index (κ1) is 15.6. The van der Waals surface area contributed by atoms with Gasteiger partial charge in [0.15, 0.2) is 0 Å². The maximum absolute atomic E-state index is 13.2. The average molecular weight is 342 g/mol. The molecule has 1 saturated carbocycles. The van der Waals surface area contributed by atoms with Crippen molar-refractivity contribution in [2.24, 2.45) is 17.8 Å². The van der Waals surface area contributed by atoms with Crippen LogP contribution in [0.3, 0.4) is 0 Å². The molecule has 0 radical (unpaired) electrons. The fraction of sp³-hybridized carbons (Fsp3) is 0.650. The predicted octanol–water partition coefficient (Wildman–Crippen LogP) is 1.94. The first-order valence-corrected chi connectivity index (χ1v) is 9.63. The van der Waals surface area contributed by atoms with Crippen LogP contribution in [0.5, 0.6) is 5.75 Å². The summed E-state index contributed by atoms with van der Waals surface area (Å²) < 4.78 is 11.5. The molecule has 134 valence electrons. The minimum atomic E-state index is 0.0511. The lowest BCUT2D eigenvalue weighted by atomic mass is 9.84. The van der Waals surface area contributed by atoms with Gasteiger partial charge in [-0.3, -0.25) is 9.69 Å². The highest BCUT2D eigenvalue weighted by molar-refractivity contribution is 5.80. The lowest BCUT2D eigenvalue weighted by Crippen LogP contribution is -2.46. The molecule has 3 atom stereocenters. The Morgan fingerprint density at radius 1 is 1.16 bits per heavy atom. The molecule has 0 N–H and O–H groups in total. The highest BCUT2D eigenvalue weighted by atomic mass is 16.5. The lowest BCUT2D eigenvalue weighted by molar-refractivity contribution is -0.141. The molecular formula is C20H26N2O3. The van der Waals surface area contributed by atoms with E-state index in [4.69, 9.17) is 9.47 Å². The number of hydrogen-bond donors (Lipinski definition) is 0. The van der Waals surface area contributed by atoms with Crippen LogP contribution in [-0.4, -0.2) is 61.7 Å². The molecular weight excluding hydrogens is 316 g/mol. The van der Waals surface area contributed by atoms with Crippen molar-refractivity contribution < 1.29 is 14.3 Å². The van der Waals surface area contributed by atoms with E-state index in [9.17, 15) is 4.79 Å². The highest BCUT2D eigenvalue weighted by Crippen LogP contribution is 2.49. The molecule has 4 aliphatic rings. The third-order valence-corrected chi connectivity index (χ3v) is 6.25.